The van der Waals surface area contributed by atoms with Crippen molar-refractivity contribution in [2.75, 3.05) is 0 Å². The summed E-state index contributed by atoms with van der Waals surface area (Å²) in [7, 11) is 0. The summed E-state index contributed by atoms with van der Waals surface area (Å²) in [6.07, 6.45) is 3.64. The Hall–Kier alpha value is -1.10. The van der Waals surface area contributed by atoms with Crippen molar-refractivity contribution in [1.29, 1.82) is 5.26 Å². The van der Waals surface area contributed by atoms with Gasteiger partial charge in [0.2, 0.25) is 0 Å². The van der Waals surface area contributed by atoms with Gasteiger partial charge in [-0.25, -0.2) is 0 Å². The van der Waals surface area contributed by atoms with Crippen LogP contribution in [0.2, 0.25) is 0 Å². The van der Waals surface area contributed by atoms with E-state index in [2.05, 4.69) is 0 Å². The predicted molar refractivity (Wildman–Crippen MR) is 30.0 cm³/mol. The molecule has 2 heteroatoms. The van der Waals surface area contributed by atoms with E-state index >= 15 is 0 Å². The number of nitriles is 1. The second-order valence-electron chi connectivity index (χ2n) is 1.48. The smallest absolute Gasteiger partial charge is 0.126 e. The number of carbonyl (C=O) groups excluding carboxylic acids is 1. The van der Waals surface area contributed by atoms with Crippen molar-refractivity contribution >= 4 is 6.29 Å². The standard InChI is InChI=1S/C6H7NO/c1-6(5-8)3-2-4-7/h2-3,5-6H,1H3. The van der Waals surface area contributed by atoms with Crippen LogP contribution in [0.3, 0.4) is 0 Å². The Labute approximate surface area is 48.4 Å². The highest BCUT2D eigenvalue weighted by Crippen LogP contribution is 1.88. The fraction of sp³-hybridized carbons (Fsp3) is 0.333. The van der Waals surface area contributed by atoms with Gasteiger partial charge in [-0.15, -0.1) is 0 Å². The van der Waals surface area contributed by atoms with Gasteiger partial charge in [0.25, 0.3) is 0 Å². The van der Waals surface area contributed by atoms with Crippen LogP contribution in [0.1, 0.15) is 6.92 Å². The Morgan fingerprint density at radius 1 is 1.75 bits per heavy atom. The Bertz CT molecular complexity index is 132. The normalized spacial score (nSPS) is 13.0. The zero-order chi connectivity index (χ0) is 6.41. The molecule has 0 heterocycles. The van der Waals surface area contributed by atoms with Crippen molar-refractivity contribution in [3.63, 3.8) is 0 Å². The molecule has 0 aliphatic carbocycles. The van der Waals surface area contributed by atoms with E-state index in [4.69, 9.17) is 5.26 Å². The molecular formula is C6H7NO. The molecule has 0 aromatic carbocycles. The molecule has 0 aliphatic heterocycles. The lowest BCUT2D eigenvalue weighted by atomic mass is 10.2. The molecule has 0 rings (SSSR count). The highest BCUT2D eigenvalue weighted by Gasteiger charge is 1.87. The minimum atomic E-state index is -0.130. The highest BCUT2D eigenvalue weighted by atomic mass is 16.1. The van der Waals surface area contributed by atoms with Crippen LogP contribution in [0.4, 0.5) is 0 Å². The third-order valence-corrected chi connectivity index (χ3v) is 0.689. The molecule has 1 atom stereocenters. The quantitative estimate of drug-likeness (QED) is 0.390. The summed E-state index contributed by atoms with van der Waals surface area (Å²) < 4.78 is 0. The molecule has 0 saturated carbocycles. The van der Waals surface area contributed by atoms with Gasteiger partial charge in [0.15, 0.2) is 0 Å². The maximum absolute atomic E-state index is 9.85. The average molecular weight is 109 g/mol. The monoisotopic (exact) mass is 109 g/mol. The van der Waals surface area contributed by atoms with E-state index in [1.165, 1.54) is 6.08 Å². The summed E-state index contributed by atoms with van der Waals surface area (Å²) in [6.45, 7) is 1.72. The minimum absolute atomic E-state index is 0.130. The predicted octanol–water partition coefficient (Wildman–Crippen LogP) is 0.901. The van der Waals surface area contributed by atoms with Gasteiger partial charge in [0.05, 0.1) is 6.07 Å². The Balaban J connectivity index is 3.56. The SMILES string of the molecule is CC(C=O)C=CC#N. The first kappa shape index (κ1) is 6.90. The number of allylic oxidation sites excluding steroid dienone is 2. The van der Waals surface area contributed by atoms with Crippen LogP contribution in [0.25, 0.3) is 0 Å². The van der Waals surface area contributed by atoms with Crippen LogP contribution < -0.4 is 0 Å². The van der Waals surface area contributed by atoms with Gasteiger partial charge in [-0.1, -0.05) is 13.0 Å². The van der Waals surface area contributed by atoms with Crippen LogP contribution >= 0.6 is 0 Å². The van der Waals surface area contributed by atoms with Gasteiger partial charge in [-0.05, 0) is 0 Å². The third-order valence-electron chi connectivity index (χ3n) is 0.689. The second-order valence-corrected chi connectivity index (χ2v) is 1.48. The first-order valence-electron chi connectivity index (χ1n) is 2.33. The highest BCUT2D eigenvalue weighted by molar-refractivity contribution is 5.55. The minimum Gasteiger partial charge on any atom is -0.303 e. The van der Waals surface area contributed by atoms with Crippen molar-refractivity contribution in [2.24, 2.45) is 5.92 Å². The molecule has 0 amide bonds. The largest absolute Gasteiger partial charge is 0.303 e. The molecule has 8 heavy (non-hydrogen) atoms. The Morgan fingerprint density at radius 2 is 2.38 bits per heavy atom. The van der Waals surface area contributed by atoms with E-state index in [0.717, 1.165) is 6.29 Å². The molecular weight excluding hydrogens is 102 g/mol. The summed E-state index contributed by atoms with van der Waals surface area (Å²) in [5.41, 5.74) is 0. The lowest BCUT2D eigenvalue weighted by Gasteiger charge is -1.85. The van der Waals surface area contributed by atoms with Crippen LogP contribution in [-0.4, -0.2) is 6.29 Å². The summed E-state index contributed by atoms with van der Waals surface area (Å²) in [5, 5.41) is 7.96. The second kappa shape index (κ2) is 4.07. The number of rotatable bonds is 2. The van der Waals surface area contributed by atoms with E-state index in [1.807, 2.05) is 0 Å². The summed E-state index contributed by atoms with van der Waals surface area (Å²) in [4.78, 5) is 9.85. The third kappa shape index (κ3) is 3.10. The van der Waals surface area contributed by atoms with Gasteiger partial charge in [0.1, 0.15) is 6.29 Å². The van der Waals surface area contributed by atoms with E-state index < -0.39 is 0 Å². The maximum atomic E-state index is 9.85. The van der Waals surface area contributed by atoms with Crippen molar-refractivity contribution in [3.8, 4) is 6.07 Å². The molecule has 42 valence electrons. The lowest BCUT2D eigenvalue weighted by molar-refractivity contribution is -0.109. The molecule has 0 fully saturated rings. The fourth-order valence-corrected chi connectivity index (χ4v) is 0.240. The van der Waals surface area contributed by atoms with Gasteiger partial charge in [-0.3, -0.25) is 0 Å². The molecule has 2 nitrogen and oxygen atoms in total. The van der Waals surface area contributed by atoms with Crippen molar-refractivity contribution in [2.45, 2.75) is 6.92 Å². The maximum Gasteiger partial charge on any atom is 0.126 e. The molecule has 0 aliphatic rings. The summed E-state index contributed by atoms with van der Waals surface area (Å²) in [6, 6.07) is 1.79. The Morgan fingerprint density at radius 3 is 2.75 bits per heavy atom. The van der Waals surface area contributed by atoms with Crippen molar-refractivity contribution < 1.29 is 4.79 Å². The molecule has 0 aromatic rings. The zero-order valence-electron chi connectivity index (χ0n) is 4.66. The fourth-order valence-electron chi connectivity index (χ4n) is 0.240. The molecule has 0 aromatic heterocycles. The number of hydrogen-bond acceptors (Lipinski definition) is 2. The molecule has 0 spiro atoms. The van der Waals surface area contributed by atoms with E-state index in [0.29, 0.717) is 0 Å². The van der Waals surface area contributed by atoms with Crippen LogP contribution in [-0.2, 0) is 4.79 Å². The van der Waals surface area contributed by atoms with Crippen molar-refractivity contribution in [1.82, 2.24) is 0 Å². The number of hydrogen-bond donors (Lipinski definition) is 0. The first-order chi connectivity index (χ1) is 3.81. The average Bonchev–Trinajstić information content (AvgIpc) is 1.83. The zero-order valence-corrected chi connectivity index (χ0v) is 4.66. The van der Waals surface area contributed by atoms with E-state index in [9.17, 15) is 4.79 Å². The topological polar surface area (TPSA) is 40.9 Å². The molecule has 0 saturated heterocycles. The molecule has 0 bridgehead atoms. The first-order valence-corrected chi connectivity index (χ1v) is 2.33. The molecule has 0 radical (unpaired) electrons. The van der Waals surface area contributed by atoms with E-state index in [-0.39, 0.29) is 5.92 Å². The number of carbonyl (C=O) groups is 1. The van der Waals surface area contributed by atoms with Crippen LogP contribution in [0.5, 0.6) is 0 Å². The van der Waals surface area contributed by atoms with Gasteiger partial charge >= 0.3 is 0 Å². The lowest BCUT2D eigenvalue weighted by Crippen LogP contribution is -1.87. The van der Waals surface area contributed by atoms with Gasteiger partial charge < -0.3 is 4.79 Å². The molecule has 0 N–H and O–H groups in total. The summed E-state index contributed by atoms with van der Waals surface area (Å²) >= 11 is 0. The van der Waals surface area contributed by atoms with Crippen LogP contribution in [0.15, 0.2) is 12.2 Å². The summed E-state index contributed by atoms with van der Waals surface area (Å²) in [5.74, 6) is -0.130. The van der Waals surface area contributed by atoms with Gasteiger partial charge in [0, 0.05) is 12.0 Å². The van der Waals surface area contributed by atoms with Gasteiger partial charge in [-0.2, -0.15) is 5.26 Å². The van der Waals surface area contributed by atoms with E-state index in [1.54, 1.807) is 19.1 Å². The molecule has 1 unspecified atom stereocenters. The Kier molecular flexibility index (Phi) is 3.51. The number of aldehydes is 1. The van der Waals surface area contributed by atoms with Crippen LogP contribution in [0, 0.1) is 17.2 Å². The number of nitrogens with zero attached hydrogens (tertiary/aromatic N) is 1. The van der Waals surface area contributed by atoms with Crippen molar-refractivity contribution in [3.05, 3.63) is 12.2 Å².